The standard InChI is InChI=1S/C19H20N4O4/c1-13-8-15(11-25-2)17(9-20)19(22-13)27-12-18(24)23-21-10-14-4-6-16(26-3)7-5-14/h4-8,10H,11-12H2,1-3H3,(H,23,24). The lowest BCUT2D eigenvalue weighted by Crippen LogP contribution is -2.25. The number of benzene rings is 1. The fraction of sp³-hybridized carbons (Fsp3) is 0.263. The Balaban J connectivity index is 1.95. The Hall–Kier alpha value is -3.44. The van der Waals surface area contributed by atoms with Gasteiger partial charge in [-0.1, -0.05) is 0 Å². The minimum Gasteiger partial charge on any atom is -0.497 e. The fourth-order valence-electron chi connectivity index (χ4n) is 2.24. The first kappa shape index (κ1) is 19.9. The van der Waals surface area contributed by atoms with Gasteiger partial charge in [0.25, 0.3) is 5.91 Å². The molecule has 0 bridgehead atoms. The molecular formula is C19H20N4O4. The highest BCUT2D eigenvalue weighted by atomic mass is 16.5. The molecule has 0 fully saturated rings. The van der Waals surface area contributed by atoms with E-state index in [0.29, 0.717) is 11.3 Å². The van der Waals surface area contributed by atoms with Gasteiger partial charge in [-0.3, -0.25) is 4.79 Å². The van der Waals surface area contributed by atoms with Crippen molar-refractivity contribution in [2.24, 2.45) is 5.10 Å². The number of ether oxygens (including phenoxy) is 3. The van der Waals surface area contributed by atoms with E-state index in [1.54, 1.807) is 44.4 Å². The number of hydrazone groups is 1. The number of nitriles is 1. The van der Waals surface area contributed by atoms with Crippen LogP contribution in [0.4, 0.5) is 0 Å². The molecule has 27 heavy (non-hydrogen) atoms. The lowest BCUT2D eigenvalue weighted by atomic mass is 10.1. The number of hydrogen-bond donors (Lipinski definition) is 1. The predicted octanol–water partition coefficient (Wildman–Crippen LogP) is 1.95. The highest BCUT2D eigenvalue weighted by molar-refractivity contribution is 5.83. The second kappa shape index (κ2) is 9.89. The molecule has 2 aromatic rings. The number of aromatic nitrogens is 1. The topological polar surface area (TPSA) is 106 Å². The number of rotatable bonds is 8. The first-order valence-corrected chi connectivity index (χ1v) is 8.05. The van der Waals surface area contributed by atoms with E-state index >= 15 is 0 Å². The van der Waals surface area contributed by atoms with Crippen LogP contribution in [0.15, 0.2) is 35.4 Å². The van der Waals surface area contributed by atoms with Gasteiger partial charge in [-0.05, 0) is 42.8 Å². The Morgan fingerprint density at radius 1 is 1.33 bits per heavy atom. The lowest BCUT2D eigenvalue weighted by molar-refractivity contribution is -0.123. The second-order valence-electron chi connectivity index (χ2n) is 5.50. The molecule has 0 saturated carbocycles. The number of carbonyl (C=O) groups is 1. The van der Waals surface area contributed by atoms with Gasteiger partial charge in [0, 0.05) is 18.4 Å². The van der Waals surface area contributed by atoms with Crippen LogP contribution in [0.2, 0.25) is 0 Å². The van der Waals surface area contributed by atoms with Gasteiger partial charge in [0.05, 0.1) is 19.9 Å². The van der Waals surface area contributed by atoms with Gasteiger partial charge < -0.3 is 14.2 Å². The van der Waals surface area contributed by atoms with E-state index in [-0.39, 0.29) is 24.7 Å². The van der Waals surface area contributed by atoms with E-state index in [1.807, 2.05) is 6.07 Å². The number of hydrogen-bond acceptors (Lipinski definition) is 7. The molecule has 1 aromatic heterocycles. The normalized spacial score (nSPS) is 10.4. The summed E-state index contributed by atoms with van der Waals surface area (Å²) in [7, 11) is 3.12. The first-order chi connectivity index (χ1) is 13.1. The summed E-state index contributed by atoms with van der Waals surface area (Å²) in [5.41, 5.74) is 4.72. The Morgan fingerprint density at radius 2 is 2.07 bits per heavy atom. The molecule has 1 N–H and O–H groups in total. The molecular weight excluding hydrogens is 348 g/mol. The Labute approximate surface area is 157 Å². The largest absolute Gasteiger partial charge is 0.497 e. The zero-order valence-corrected chi connectivity index (χ0v) is 15.4. The number of nitrogens with zero attached hydrogens (tertiary/aromatic N) is 3. The van der Waals surface area contributed by atoms with Crippen LogP contribution in [0.1, 0.15) is 22.4 Å². The predicted molar refractivity (Wildman–Crippen MR) is 98.6 cm³/mol. The molecule has 0 aliphatic carbocycles. The highest BCUT2D eigenvalue weighted by Gasteiger charge is 2.14. The molecule has 1 aromatic carbocycles. The van der Waals surface area contributed by atoms with Crippen molar-refractivity contribution >= 4 is 12.1 Å². The summed E-state index contributed by atoms with van der Waals surface area (Å²) in [6, 6.07) is 11.0. The van der Waals surface area contributed by atoms with E-state index in [9.17, 15) is 10.1 Å². The van der Waals surface area contributed by atoms with Crippen LogP contribution < -0.4 is 14.9 Å². The minimum absolute atomic E-state index is 0.0961. The number of amides is 1. The first-order valence-electron chi connectivity index (χ1n) is 8.05. The van der Waals surface area contributed by atoms with Crippen LogP contribution in [-0.2, 0) is 16.1 Å². The van der Waals surface area contributed by atoms with Crippen LogP contribution in [-0.4, -0.2) is 37.9 Å². The Bertz CT molecular complexity index is 857. The third-order valence-corrected chi connectivity index (χ3v) is 3.47. The summed E-state index contributed by atoms with van der Waals surface area (Å²) < 4.78 is 15.5. The van der Waals surface area contributed by atoms with Crippen molar-refractivity contribution in [1.82, 2.24) is 10.4 Å². The maximum absolute atomic E-state index is 11.9. The van der Waals surface area contributed by atoms with Crippen molar-refractivity contribution in [3.8, 4) is 17.7 Å². The zero-order chi connectivity index (χ0) is 19.6. The lowest BCUT2D eigenvalue weighted by Gasteiger charge is -2.10. The molecule has 8 nitrogen and oxygen atoms in total. The van der Waals surface area contributed by atoms with Gasteiger partial charge in [-0.25, -0.2) is 10.4 Å². The monoisotopic (exact) mass is 368 g/mol. The minimum atomic E-state index is -0.472. The summed E-state index contributed by atoms with van der Waals surface area (Å²) in [5, 5.41) is 13.2. The van der Waals surface area contributed by atoms with Crippen LogP contribution in [0, 0.1) is 18.3 Å². The third-order valence-electron chi connectivity index (χ3n) is 3.47. The van der Waals surface area contributed by atoms with Crippen LogP contribution >= 0.6 is 0 Å². The van der Waals surface area contributed by atoms with Crippen LogP contribution in [0.25, 0.3) is 0 Å². The molecule has 0 unspecified atom stereocenters. The van der Waals surface area contributed by atoms with Crippen molar-refractivity contribution in [3.05, 3.63) is 52.7 Å². The van der Waals surface area contributed by atoms with Gasteiger partial charge in [0.2, 0.25) is 5.88 Å². The van der Waals surface area contributed by atoms with Crippen molar-refractivity contribution < 1.29 is 19.0 Å². The summed E-state index contributed by atoms with van der Waals surface area (Å²) in [6.07, 6.45) is 1.50. The average molecular weight is 368 g/mol. The van der Waals surface area contributed by atoms with E-state index in [4.69, 9.17) is 14.2 Å². The molecule has 2 rings (SSSR count). The molecule has 0 atom stereocenters. The summed E-state index contributed by atoms with van der Waals surface area (Å²) in [4.78, 5) is 16.1. The molecule has 0 aliphatic heterocycles. The van der Waals surface area contributed by atoms with Crippen molar-refractivity contribution in [1.29, 1.82) is 5.26 Å². The molecule has 0 aliphatic rings. The maximum Gasteiger partial charge on any atom is 0.278 e. The zero-order valence-electron chi connectivity index (χ0n) is 15.4. The Kier molecular flexibility index (Phi) is 7.28. The molecule has 1 heterocycles. The summed E-state index contributed by atoms with van der Waals surface area (Å²) in [6.45, 7) is 1.70. The van der Waals surface area contributed by atoms with Crippen molar-refractivity contribution in [2.75, 3.05) is 20.8 Å². The van der Waals surface area contributed by atoms with E-state index in [0.717, 1.165) is 11.3 Å². The molecule has 140 valence electrons. The highest BCUT2D eigenvalue weighted by Crippen LogP contribution is 2.21. The number of nitrogens with one attached hydrogen (secondary N) is 1. The Morgan fingerprint density at radius 3 is 2.70 bits per heavy atom. The number of carbonyl (C=O) groups excluding carboxylic acids is 1. The van der Waals surface area contributed by atoms with Crippen molar-refractivity contribution in [3.63, 3.8) is 0 Å². The quantitative estimate of drug-likeness (QED) is 0.564. The molecule has 0 spiro atoms. The van der Waals surface area contributed by atoms with E-state index in [1.165, 1.54) is 13.3 Å². The van der Waals surface area contributed by atoms with E-state index in [2.05, 4.69) is 15.5 Å². The fourth-order valence-corrected chi connectivity index (χ4v) is 2.24. The third kappa shape index (κ3) is 5.80. The number of methoxy groups -OCH3 is 2. The molecule has 8 heteroatoms. The van der Waals surface area contributed by atoms with Crippen LogP contribution in [0.3, 0.4) is 0 Å². The summed E-state index contributed by atoms with van der Waals surface area (Å²) in [5.74, 6) is 0.357. The molecule has 0 saturated heterocycles. The van der Waals surface area contributed by atoms with Crippen LogP contribution in [0.5, 0.6) is 11.6 Å². The van der Waals surface area contributed by atoms with Gasteiger partial charge in [0.15, 0.2) is 6.61 Å². The van der Waals surface area contributed by atoms with Gasteiger partial charge >= 0.3 is 0 Å². The smallest absolute Gasteiger partial charge is 0.278 e. The average Bonchev–Trinajstić information content (AvgIpc) is 2.67. The molecule has 0 radical (unpaired) electrons. The van der Waals surface area contributed by atoms with Gasteiger partial charge in [-0.15, -0.1) is 0 Å². The second-order valence-corrected chi connectivity index (χ2v) is 5.50. The van der Waals surface area contributed by atoms with Gasteiger partial charge in [0.1, 0.15) is 17.4 Å². The number of pyridine rings is 1. The molecule has 1 amide bonds. The number of aryl methyl sites for hydroxylation is 1. The summed E-state index contributed by atoms with van der Waals surface area (Å²) >= 11 is 0. The van der Waals surface area contributed by atoms with Gasteiger partial charge in [-0.2, -0.15) is 10.4 Å². The van der Waals surface area contributed by atoms with E-state index < -0.39 is 5.91 Å². The SMILES string of the molecule is COCc1cc(C)nc(OCC(=O)NN=Cc2ccc(OC)cc2)c1C#N. The maximum atomic E-state index is 11.9. The van der Waals surface area contributed by atoms with Crippen molar-refractivity contribution in [2.45, 2.75) is 13.5 Å².